The fourth-order valence-corrected chi connectivity index (χ4v) is 3.80. The Kier molecular flexibility index (Phi) is 3.67. The van der Waals surface area contributed by atoms with Crippen LogP contribution in [0.15, 0.2) is 24.4 Å². The predicted molar refractivity (Wildman–Crippen MR) is 91.5 cm³/mol. The number of hydrogen-bond donors (Lipinski definition) is 1. The van der Waals surface area contributed by atoms with E-state index in [-0.39, 0.29) is 12.1 Å². The lowest BCUT2D eigenvalue weighted by atomic mass is 9.93. The Morgan fingerprint density at radius 2 is 2.25 bits per heavy atom. The summed E-state index contributed by atoms with van der Waals surface area (Å²) in [5.41, 5.74) is 4.54. The highest BCUT2D eigenvalue weighted by atomic mass is 16.5. The van der Waals surface area contributed by atoms with Gasteiger partial charge < -0.3 is 10.1 Å². The van der Waals surface area contributed by atoms with Crippen LogP contribution in [0.4, 0.5) is 10.5 Å². The fourth-order valence-electron chi connectivity index (χ4n) is 3.80. The van der Waals surface area contributed by atoms with Crippen LogP contribution in [-0.4, -0.2) is 29.5 Å². The standard InChI is InChI=1S/C18H22N4O2/c1-21-17-5-3-4-15(14(17)11-19-21)20-18(23)22-9-8-12-10-13(24-2)6-7-16(12)22/h6-7,10-11,15H,3-5,8-9H2,1-2H3,(H,20,23). The minimum Gasteiger partial charge on any atom is -0.497 e. The predicted octanol–water partition coefficient (Wildman–Crippen LogP) is 2.58. The number of carbonyl (C=O) groups is 1. The summed E-state index contributed by atoms with van der Waals surface area (Å²) in [5, 5.41) is 7.55. The van der Waals surface area contributed by atoms with Crippen LogP contribution in [0.3, 0.4) is 0 Å². The number of methoxy groups -OCH3 is 1. The average Bonchev–Trinajstić information content (AvgIpc) is 3.19. The number of aromatic nitrogens is 2. The fraction of sp³-hybridized carbons (Fsp3) is 0.444. The second kappa shape index (κ2) is 5.85. The highest BCUT2D eigenvalue weighted by molar-refractivity contribution is 5.94. The number of aryl methyl sites for hydroxylation is 1. The van der Waals surface area contributed by atoms with Gasteiger partial charge in [0, 0.05) is 30.5 Å². The van der Waals surface area contributed by atoms with Crippen LogP contribution in [0.2, 0.25) is 0 Å². The van der Waals surface area contributed by atoms with Crippen LogP contribution in [0, 0.1) is 0 Å². The van der Waals surface area contributed by atoms with E-state index in [1.54, 1.807) is 7.11 Å². The number of urea groups is 1. The van der Waals surface area contributed by atoms with Crippen molar-refractivity contribution < 1.29 is 9.53 Å². The zero-order valence-corrected chi connectivity index (χ0v) is 14.1. The Hall–Kier alpha value is -2.50. The molecular weight excluding hydrogens is 304 g/mol. The number of carbonyl (C=O) groups excluding carboxylic acids is 1. The molecule has 1 N–H and O–H groups in total. The maximum absolute atomic E-state index is 12.8. The third-order valence-electron chi connectivity index (χ3n) is 5.10. The highest BCUT2D eigenvalue weighted by Gasteiger charge is 2.29. The van der Waals surface area contributed by atoms with Crippen molar-refractivity contribution in [3.63, 3.8) is 0 Å². The van der Waals surface area contributed by atoms with Gasteiger partial charge in [-0.1, -0.05) is 0 Å². The first-order valence-electron chi connectivity index (χ1n) is 8.43. The molecule has 6 heteroatoms. The Morgan fingerprint density at radius 3 is 3.08 bits per heavy atom. The van der Waals surface area contributed by atoms with Crippen molar-refractivity contribution in [2.75, 3.05) is 18.6 Å². The van der Waals surface area contributed by atoms with E-state index in [1.165, 1.54) is 5.69 Å². The molecule has 0 radical (unpaired) electrons. The Morgan fingerprint density at radius 1 is 1.38 bits per heavy atom. The summed E-state index contributed by atoms with van der Waals surface area (Å²) in [6.45, 7) is 0.709. The molecule has 0 bridgehead atoms. The van der Waals surface area contributed by atoms with Gasteiger partial charge in [-0.2, -0.15) is 5.10 Å². The number of nitrogens with one attached hydrogen (secondary N) is 1. The Balaban J connectivity index is 1.53. The number of nitrogens with zero attached hydrogens (tertiary/aromatic N) is 3. The second-order valence-corrected chi connectivity index (χ2v) is 6.46. The van der Waals surface area contributed by atoms with Crippen LogP contribution < -0.4 is 15.0 Å². The maximum Gasteiger partial charge on any atom is 0.322 e. The Bertz CT molecular complexity index is 783. The number of amides is 2. The number of ether oxygens (including phenoxy) is 1. The van der Waals surface area contributed by atoms with Crippen LogP contribution >= 0.6 is 0 Å². The molecule has 2 aromatic rings. The number of anilines is 1. The number of rotatable bonds is 2. The van der Waals surface area contributed by atoms with Gasteiger partial charge in [-0.15, -0.1) is 0 Å². The van der Waals surface area contributed by atoms with Crippen molar-refractivity contribution in [1.29, 1.82) is 0 Å². The molecular formula is C18H22N4O2. The van der Waals surface area contributed by atoms with Gasteiger partial charge in [0.25, 0.3) is 0 Å². The molecule has 0 saturated carbocycles. The first-order valence-corrected chi connectivity index (χ1v) is 8.43. The van der Waals surface area contributed by atoms with E-state index in [1.807, 2.05) is 41.0 Å². The van der Waals surface area contributed by atoms with Crippen molar-refractivity contribution in [2.45, 2.75) is 31.7 Å². The first kappa shape index (κ1) is 15.1. The molecule has 24 heavy (non-hydrogen) atoms. The quantitative estimate of drug-likeness (QED) is 0.923. The largest absolute Gasteiger partial charge is 0.497 e. The molecule has 0 fully saturated rings. The van der Waals surface area contributed by atoms with Gasteiger partial charge >= 0.3 is 6.03 Å². The monoisotopic (exact) mass is 326 g/mol. The van der Waals surface area contributed by atoms with Crippen molar-refractivity contribution in [3.8, 4) is 5.75 Å². The summed E-state index contributed by atoms with van der Waals surface area (Å²) >= 11 is 0. The minimum absolute atomic E-state index is 0.0272. The topological polar surface area (TPSA) is 59.4 Å². The van der Waals surface area contributed by atoms with E-state index in [2.05, 4.69) is 10.4 Å². The van der Waals surface area contributed by atoms with Crippen LogP contribution in [0.1, 0.15) is 35.7 Å². The summed E-state index contributed by atoms with van der Waals surface area (Å²) in [6, 6.07) is 5.92. The Labute approximate surface area is 141 Å². The minimum atomic E-state index is -0.0272. The lowest BCUT2D eigenvalue weighted by molar-refractivity contribution is 0.241. The van der Waals surface area contributed by atoms with E-state index in [0.717, 1.165) is 48.2 Å². The van der Waals surface area contributed by atoms with Crippen LogP contribution in [-0.2, 0) is 19.9 Å². The number of fused-ring (bicyclic) bond motifs is 2. The summed E-state index contributed by atoms with van der Waals surface area (Å²) < 4.78 is 7.19. The van der Waals surface area contributed by atoms with Gasteiger partial charge in [0.15, 0.2) is 0 Å². The molecule has 2 amide bonds. The molecule has 1 atom stereocenters. The van der Waals surface area contributed by atoms with E-state index >= 15 is 0 Å². The van der Waals surface area contributed by atoms with Gasteiger partial charge in [-0.25, -0.2) is 4.79 Å². The van der Waals surface area contributed by atoms with Crippen molar-refractivity contribution >= 4 is 11.7 Å². The lowest BCUT2D eigenvalue weighted by Gasteiger charge is -2.27. The lowest BCUT2D eigenvalue weighted by Crippen LogP contribution is -2.41. The second-order valence-electron chi connectivity index (χ2n) is 6.46. The molecule has 126 valence electrons. The normalized spacial score (nSPS) is 18.9. The molecule has 1 aromatic carbocycles. The number of hydrogen-bond acceptors (Lipinski definition) is 3. The third kappa shape index (κ3) is 2.42. The molecule has 4 rings (SSSR count). The molecule has 0 saturated heterocycles. The zero-order valence-electron chi connectivity index (χ0n) is 14.1. The molecule has 1 aliphatic heterocycles. The molecule has 2 heterocycles. The van der Waals surface area contributed by atoms with Gasteiger partial charge in [0.05, 0.1) is 19.3 Å². The maximum atomic E-state index is 12.8. The van der Waals surface area contributed by atoms with E-state index < -0.39 is 0 Å². The van der Waals surface area contributed by atoms with Gasteiger partial charge in [-0.05, 0) is 49.4 Å². The summed E-state index contributed by atoms with van der Waals surface area (Å²) in [6.07, 6.45) is 5.83. The molecule has 1 aromatic heterocycles. The van der Waals surface area contributed by atoms with E-state index in [9.17, 15) is 4.79 Å². The molecule has 2 aliphatic rings. The van der Waals surface area contributed by atoms with Crippen molar-refractivity contribution in [3.05, 3.63) is 41.2 Å². The first-order chi connectivity index (χ1) is 11.7. The molecule has 1 unspecified atom stereocenters. The summed E-state index contributed by atoms with van der Waals surface area (Å²) in [5.74, 6) is 0.836. The van der Waals surface area contributed by atoms with Gasteiger partial charge in [0.2, 0.25) is 0 Å². The SMILES string of the molecule is COc1ccc2c(c1)CCN2C(=O)NC1CCCc2c1cnn2C. The third-order valence-corrected chi connectivity index (χ3v) is 5.10. The summed E-state index contributed by atoms with van der Waals surface area (Å²) in [4.78, 5) is 14.6. The smallest absolute Gasteiger partial charge is 0.322 e. The van der Waals surface area contributed by atoms with E-state index in [0.29, 0.717) is 6.54 Å². The summed E-state index contributed by atoms with van der Waals surface area (Å²) in [7, 11) is 3.63. The van der Waals surface area contributed by atoms with Gasteiger partial charge in [0.1, 0.15) is 5.75 Å². The number of benzene rings is 1. The molecule has 0 spiro atoms. The van der Waals surface area contributed by atoms with Crippen LogP contribution in [0.25, 0.3) is 0 Å². The zero-order chi connectivity index (χ0) is 16.7. The van der Waals surface area contributed by atoms with Gasteiger partial charge in [-0.3, -0.25) is 9.58 Å². The van der Waals surface area contributed by atoms with E-state index in [4.69, 9.17) is 4.74 Å². The van der Waals surface area contributed by atoms with Crippen molar-refractivity contribution in [2.24, 2.45) is 7.05 Å². The van der Waals surface area contributed by atoms with Crippen molar-refractivity contribution in [1.82, 2.24) is 15.1 Å². The molecule has 6 nitrogen and oxygen atoms in total. The average molecular weight is 326 g/mol. The van der Waals surface area contributed by atoms with Crippen LogP contribution in [0.5, 0.6) is 5.75 Å². The molecule has 1 aliphatic carbocycles. The highest BCUT2D eigenvalue weighted by Crippen LogP contribution is 2.33.